The van der Waals surface area contributed by atoms with Crippen molar-refractivity contribution in [2.45, 2.75) is 44.3 Å². The molecule has 3 unspecified atom stereocenters. The van der Waals surface area contributed by atoms with Gasteiger partial charge >= 0.3 is 0 Å². The highest BCUT2D eigenvalue weighted by Crippen LogP contribution is 2.38. The maximum atomic E-state index is 12.1. The Labute approximate surface area is 113 Å². The number of piperidine rings is 1. The third-order valence-corrected chi connectivity index (χ3v) is 4.43. The fraction of sp³-hybridized carbons (Fsp3) is 0.500. The topological polar surface area (TPSA) is 44.1 Å². The molecule has 1 aromatic rings. The number of carbonyl (C=O) groups excluding carboxylic acids is 1. The largest absolute Gasteiger partial charge is 0.298 e. The Morgan fingerprint density at radius 2 is 2.05 bits per heavy atom. The Morgan fingerprint density at radius 1 is 1.26 bits per heavy atom. The maximum absolute atomic E-state index is 12.1. The quantitative estimate of drug-likeness (QED) is 0.832. The number of fused-ring (bicyclic) bond motifs is 2. The number of benzene rings is 1. The van der Waals surface area contributed by atoms with Crippen LogP contribution in [-0.2, 0) is 11.3 Å². The van der Waals surface area contributed by atoms with E-state index in [1.807, 2.05) is 18.2 Å². The van der Waals surface area contributed by atoms with Crippen molar-refractivity contribution in [3.05, 3.63) is 35.9 Å². The predicted molar refractivity (Wildman–Crippen MR) is 72.1 cm³/mol. The van der Waals surface area contributed by atoms with Gasteiger partial charge in [0.25, 0.3) is 0 Å². The molecule has 0 amide bonds. The summed E-state index contributed by atoms with van der Waals surface area (Å²) in [6, 6.07) is 13.0. The molecule has 0 radical (unpaired) electrons. The van der Waals surface area contributed by atoms with Crippen LogP contribution in [0.5, 0.6) is 0 Å². The third kappa shape index (κ3) is 2.41. The Morgan fingerprint density at radius 3 is 2.74 bits per heavy atom. The summed E-state index contributed by atoms with van der Waals surface area (Å²) in [6.45, 7) is 0.862. The molecule has 3 nitrogen and oxygen atoms in total. The van der Waals surface area contributed by atoms with Gasteiger partial charge in [0.2, 0.25) is 0 Å². The second-order valence-corrected chi connectivity index (χ2v) is 5.70. The molecule has 0 aliphatic carbocycles. The molecule has 98 valence electrons. The van der Waals surface area contributed by atoms with Crippen LogP contribution in [-0.4, -0.2) is 22.8 Å². The molecule has 19 heavy (non-hydrogen) atoms. The van der Waals surface area contributed by atoms with E-state index in [1.54, 1.807) is 0 Å². The monoisotopic (exact) mass is 254 g/mol. The zero-order chi connectivity index (χ0) is 13.2. The molecule has 3 rings (SSSR count). The van der Waals surface area contributed by atoms with Gasteiger partial charge in [-0.2, -0.15) is 5.26 Å². The van der Waals surface area contributed by atoms with Gasteiger partial charge in [0.15, 0.2) is 5.78 Å². The summed E-state index contributed by atoms with van der Waals surface area (Å²) >= 11 is 0. The second kappa shape index (κ2) is 5.14. The molecule has 1 aromatic carbocycles. The number of nitriles is 1. The van der Waals surface area contributed by atoms with Crippen LogP contribution in [0.4, 0.5) is 0 Å². The fourth-order valence-corrected chi connectivity index (χ4v) is 3.54. The second-order valence-electron chi connectivity index (χ2n) is 5.70. The summed E-state index contributed by atoms with van der Waals surface area (Å²) in [5.41, 5.74) is 1.27. The minimum absolute atomic E-state index is 0.0531. The Kier molecular flexibility index (Phi) is 3.35. The van der Waals surface area contributed by atoms with Gasteiger partial charge in [-0.1, -0.05) is 30.3 Å². The first-order valence-electron chi connectivity index (χ1n) is 6.97. The average molecular weight is 254 g/mol. The molecule has 2 aliphatic heterocycles. The van der Waals surface area contributed by atoms with Crippen LogP contribution in [0.3, 0.4) is 0 Å². The minimum atomic E-state index is 0.0531. The Bertz CT molecular complexity index is 505. The number of hydrogen-bond donors (Lipinski definition) is 0. The van der Waals surface area contributed by atoms with Gasteiger partial charge in [-0.3, -0.25) is 9.69 Å². The number of nitrogens with zero attached hydrogens (tertiary/aromatic N) is 2. The molecular formula is C16H18N2O. The lowest BCUT2D eigenvalue weighted by Gasteiger charge is -2.37. The minimum Gasteiger partial charge on any atom is -0.298 e. The van der Waals surface area contributed by atoms with Gasteiger partial charge in [0.05, 0.1) is 12.1 Å². The summed E-state index contributed by atoms with van der Waals surface area (Å²) < 4.78 is 0. The smallest absolute Gasteiger partial charge is 0.151 e. The first-order chi connectivity index (χ1) is 9.28. The van der Waals surface area contributed by atoms with Gasteiger partial charge < -0.3 is 0 Å². The van der Waals surface area contributed by atoms with Crippen molar-refractivity contribution in [2.75, 3.05) is 0 Å². The summed E-state index contributed by atoms with van der Waals surface area (Å²) in [5.74, 6) is 0.792. The lowest BCUT2D eigenvalue weighted by Crippen LogP contribution is -2.43. The van der Waals surface area contributed by atoms with E-state index in [-0.39, 0.29) is 6.04 Å². The van der Waals surface area contributed by atoms with E-state index < -0.39 is 0 Å². The molecule has 0 saturated carbocycles. The van der Waals surface area contributed by atoms with E-state index in [0.29, 0.717) is 30.6 Å². The Hall–Kier alpha value is -1.66. The lowest BCUT2D eigenvalue weighted by molar-refractivity contribution is -0.120. The summed E-state index contributed by atoms with van der Waals surface area (Å²) in [5, 5.41) is 8.83. The molecule has 0 N–H and O–H groups in total. The van der Waals surface area contributed by atoms with Gasteiger partial charge in [0.1, 0.15) is 0 Å². The van der Waals surface area contributed by atoms with E-state index in [1.165, 1.54) is 5.56 Å². The van der Waals surface area contributed by atoms with Crippen molar-refractivity contribution in [2.24, 2.45) is 5.92 Å². The van der Waals surface area contributed by atoms with Crippen LogP contribution < -0.4 is 0 Å². The first-order valence-corrected chi connectivity index (χ1v) is 6.97. The predicted octanol–water partition coefficient (Wildman–Crippen LogP) is 2.52. The highest BCUT2D eigenvalue weighted by atomic mass is 16.1. The number of ketones is 1. The Balaban J connectivity index is 1.74. The lowest BCUT2D eigenvalue weighted by atomic mass is 9.88. The van der Waals surface area contributed by atoms with Crippen molar-refractivity contribution in [3.8, 4) is 6.07 Å². The van der Waals surface area contributed by atoms with Crippen LogP contribution in [0.25, 0.3) is 0 Å². The van der Waals surface area contributed by atoms with E-state index in [2.05, 4.69) is 23.1 Å². The molecular weight excluding hydrogens is 236 g/mol. The SMILES string of the molecule is N#CCC1CC2CC(=O)C(C1)N2Cc1ccccc1. The first kappa shape index (κ1) is 12.4. The maximum Gasteiger partial charge on any atom is 0.151 e. The van der Waals surface area contributed by atoms with E-state index in [9.17, 15) is 4.79 Å². The van der Waals surface area contributed by atoms with Crippen molar-refractivity contribution < 1.29 is 4.79 Å². The highest BCUT2D eigenvalue weighted by molar-refractivity contribution is 5.87. The number of carbonyl (C=O) groups is 1. The number of Topliss-reactive ketones (excluding diaryl/α,β-unsaturated/α-hetero) is 1. The van der Waals surface area contributed by atoms with Crippen molar-refractivity contribution in [3.63, 3.8) is 0 Å². The van der Waals surface area contributed by atoms with Crippen LogP contribution in [0, 0.1) is 17.2 Å². The number of rotatable bonds is 3. The molecule has 3 heteroatoms. The van der Waals surface area contributed by atoms with Gasteiger partial charge in [-0.05, 0) is 24.3 Å². The molecule has 2 bridgehead atoms. The van der Waals surface area contributed by atoms with Crippen molar-refractivity contribution >= 4 is 5.78 Å². The molecule has 0 spiro atoms. The molecule has 2 saturated heterocycles. The molecule has 3 atom stereocenters. The van der Waals surface area contributed by atoms with Gasteiger partial charge in [-0.25, -0.2) is 0 Å². The molecule has 2 fully saturated rings. The summed E-state index contributed by atoms with van der Waals surface area (Å²) in [4.78, 5) is 14.4. The standard InChI is InChI=1S/C16H18N2O/c17-7-6-13-8-14-10-16(19)15(9-13)18(14)11-12-4-2-1-3-5-12/h1-5,13-15H,6,8-11H2. The zero-order valence-corrected chi connectivity index (χ0v) is 11.0. The van der Waals surface area contributed by atoms with Crippen LogP contribution >= 0.6 is 0 Å². The van der Waals surface area contributed by atoms with Crippen molar-refractivity contribution in [1.29, 1.82) is 5.26 Å². The number of hydrogen-bond acceptors (Lipinski definition) is 3. The average Bonchev–Trinajstić information content (AvgIpc) is 2.59. The van der Waals surface area contributed by atoms with Crippen molar-refractivity contribution in [1.82, 2.24) is 4.90 Å². The summed E-state index contributed by atoms with van der Waals surface area (Å²) in [7, 11) is 0. The van der Waals surface area contributed by atoms with E-state index in [4.69, 9.17) is 5.26 Å². The fourth-order valence-electron chi connectivity index (χ4n) is 3.54. The van der Waals surface area contributed by atoms with E-state index >= 15 is 0 Å². The zero-order valence-electron chi connectivity index (χ0n) is 11.0. The molecule has 2 heterocycles. The molecule has 0 aromatic heterocycles. The summed E-state index contributed by atoms with van der Waals surface area (Å²) in [6.07, 6.45) is 3.15. The van der Waals surface area contributed by atoms with Crippen LogP contribution in [0.15, 0.2) is 30.3 Å². The normalized spacial score (nSPS) is 30.3. The third-order valence-electron chi connectivity index (χ3n) is 4.43. The molecule has 2 aliphatic rings. The van der Waals surface area contributed by atoms with Crippen LogP contribution in [0.1, 0.15) is 31.2 Å². The highest BCUT2D eigenvalue weighted by Gasteiger charge is 2.45. The van der Waals surface area contributed by atoms with E-state index in [0.717, 1.165) is 19.4 Å². The van der Waals surface area contributed by atoms with Gasteiger partial charge in [-0.15, -0.1) is 0 Å². The van der Waals surface area contributed by atoms with Gasteiger partial charge in [0, 0.05) is 25.4 Å². The van der Waals surface area contributed by atoms with Crippen LogP contribution in [0.2, 0.25) is 0 Å².